The number of nitrogens with zero attached hydrogens (tertiary/aromatic N) is 4. The topological polar surface area (TPSA) is 101 Å². The molecule has 1 atom stereocenters. The number of ether oxygens (including phenoxy) is 1. The average Bonchev–Trinajstić information content (AvgIpc) is 3.20. The zero-order valence-corrected chi connectivity index (χ0v) is 22.2. The predicted octanol–water partition coefficient (Wildman–Crippen LogP) is 5.61. The monoisotopic (exact) mass is 534 g/mol. The summed E-state index contributed by atoms with van der Waals surface area (Å²) in [7, 11) is 1.70. The first-order valence-electron chi connectivity index (χ1n) is 11.5. The van der Waals surface area contributed by atoms with Crippen molar-refractivity contribution < 1.29 is 23.1 Å². The van der Waals surface area contributed by atoms with Gasteiger partial charge in [0.25, 0.3) is 0 Å². The Morgan fingerprint density at radius 2 is 1.86 bits per heavy atom. The zero-order valence-electron chi connectivity index (χ0n) is 21.4. The van der Waals surface area contributed by atoms with E-state index in [9.17, 15) is 14.0 Å². The van der Waals surface area contributed by atoms with Crippen molar-refractivity contribution in [2.24, 2.45) is 7.05 Å². The van der Waals surface area contributed by atoms with Crippen molar-refractivity contribution in [3.05, 3.63) is 59.1 Å². The number of halogens is 3. The van der Waals surface area contributed by atoms with Crippen molar-refractivity contribution in [3.8, 4) is 22.3 Å². The molecule has 37 heavy (non-hydrogen) atoms. The Kier molecular flexibility index (Phi) is 8.37. The summed E-state index contributed by atoms with van der Waals surface area (Å²) >= 11 is 6.09. The summed E-state index contributed by atoms with van der Waals surface area (Å²) in [5, 5.41) is 7.82. The van der Waals surface area contributed by atoms with Gasteiger partial charge in [-0.05, 0) is 58.4 Å². The van der Waals surface area contributed by atoms with Gasteiger partial charge in [-0.25, -0.2) is 28.8 Å². The fourth-order valence-corrected chi connectivity index (χ4v) is 3.78. The molecule has 0 radical (unpaired) electrons. The van der Waals surface area contributed by atoms with E-state index >= 15 is 4.39 Å². The summed E-state index contributed by atoms with van der Waals surface area (Å²) in [4.78, 5) is 28.9. The smallest absolute Gasteiger partial charge is 0.426 e. The van der Waals surface area contributed by atoms with Crippen molar-refractivity contribution in [1.29, 1.82) is 0 Å². The Bertz CT molecular complexity index is 1310. The van der Waals surface area contributed by atoms with Gasteiger partial charge in [0.15, 0.2) is 0 Å². The molecule has 3 amide bonds. The van der Waals surface area contributed by atoms with E-state index in [0.717, 1.165) is 5.01 Å². The van der Waals surface area contributed by atoms with Crippen LogP contribution in [0.1, 0.15) is 46.4 Å². The molecule has 2 N–H and O–H groups in total. The highest BCUT2D eigenvalue weighted by Crippen LogP contribution is 2.37. The molecule has 198 valence electrons. The molecule has 12 heteroatoms. The van der Waals surface area contributed by atoms with Crippen LogP contribution in [0, 0.1) is 11.6 Å². The second-order valence-electron chi connectivity index (χ2n) is 9.33. The average molecular weight is 535 g/mol. The van der Waals surface area contributed by atoms with Gasteiger partial charge in [-0.2, -0.15) is 5.10 Å². The Labute approximate surface area is 218 Å². The van der Waals surface area contributed by atoms with E-state index in [1.807, 2.05) is 0 Å². The molecule has 0 aliphatic carbocycles. The molecule has 1 aromatic carbocycles. The second kappa shape index (κ2) is 11.1. The quantitative estimate of drug-likeness (QED) is 0.414. The minimum atomic E-state index is -0.857. The van der Waals surface area contributed by atoms with Crippen LogP contribution in [0.25, 0.3) is 22.3 Å². The minimum absolute atomic E-state index is 0.0455. The standard InChI is InChI=1S/C25H29ClF2N6O3/c1-7-34(32-24(36)37-25(3,4)5)23(35)31-14(2)22-20(28)8-15(11-29-22)18-9-17(26)10-19(27)21(18)16-12-30-33(6)13-16/h8-14H,7H2,1-6H3,(H,31,35)(H,32,36)/t14-/m1/s1. The highest BCUT2D eigenvalue weighted by Gasteiger charge is 2.24. The van der Waals surface area contributed by atoms with Crippen LogP contribution in [0.15, 0.2) is 36.8 Å². The van der Waals surface area contributed by atoms with Gasteiger partial charge in [0.05, 0.1) is 17.9 Å². The van der Waals surface area contributed by atoms with E-state index in [0.29, 0.717) is 16.7 Å². The molecule has 3 aromatic rings. The number of amides is 3. The highest BCUT2D eigenvalue weighted by atomic mass is 35.5. The minimum Gasteiger partial charge on any atom is -0.443 e. The molecule has 0 bridgehead atoms. The molecule has 0 saturated carbocycles. The Hall–Kier alpha value is -3.73. The zero-order chi connectivity index (χ0) is 27.5. The maximum absolute atomic E-state index is 15.2. The first-order valence-corrected chi connectivity index (χ1v) is 11.9. The van der Waals surface area contributed by atoms with E-state index in [2.05, 4.69) is 20.8 Å². The van der Waals surface area contributed by atoms with Gasteiger partial charge in [-0.1, -0.05) is 11.6 Å². The van der Waals surface area contributed by atoms with Gasteiger partial charge in [0, 0.05) is 47.7 Å². The number of hydrogen-bond donors (Lipinski definition) is 2. The van der Waals surface area contributed by atoms with E-state index in [1.165, 1.54) is 35.3 Å². The predicted molar refractivity (Wildman–Crippen MR) is 135 cm³/mol. The van der Waals surface area contributed by atoms with Crippen LogP contribution in [0.3, 0.4) is 0 Å². The highest BCUT2D eigenvalue weighted by molar-refractivity contribution is 6.31. The maximum atomic E-state index is 15.2. The third kappa shape index (κ3) is 6.94. The van der Waals surface area contributed by atoms with Crippen LogP contribution < -0.4 is 10.7 Å². The fraction of sp³-hybridized carbons (Fsp3) is 0.360. The molecule has 0 unspecified atom stereocenters. The molecule has 2 aromatic heterocycles. The largest absolute Gasteiger partial charge is 0.443 e. The van der Waals surface area contributed by atoms with Gasteiger partial charge >= 0.3 is 12.1 Å². The number of hydrazine groups is 1. The number of carbonyl (C=O) groups excluding carboxylic acids is 2. The van der Waals surface area contributed by atoms with Gasteiger partial charge in [-0.3, -0.25) is 9.67 Å². The SMILES string of the molecule is CCN(NC(=O)OC(C)(C)C)C(=O)N[C@H](C)c1ncc(-c2cc(Cl)cc(F)c2-c2cnn(C)c2)cc1F. The number of hydrogen-bond acceptors (Lipinski definition) is 5. The van der Waals surface area contributed by atoms with E-state index < -0.39 is 35.4 Å². The van der Waals surface area contributed by atoms with Crippen molar-refractivity contribution >= 4 is 23.7 Å². The fourth-order valence-electron chi connectivity index (χ4n) is 3.58. The van der Waals surface area contributed by atoms with E-state index in [4.69, 9.17) is 16.3 Å². The van der Waals surface area contributed by atoms with Crippen LogP contribution in [-0.4, -0.2) is 44.0 Å². The molecule has 0 saturated heterocycles. The number of carbonyl (C=O) groups is 2. The first-order chi connectivity index (χ1) is 17.3. The summed E-state index contributed by atoms with van der Waals surface area (Å²) in [6.07, 6.45) is 3.71. The van der Waals surface area contributed by atoms with Crippen molar-refractivity contribution in [2.75, 3.05) is 6.54 Å². The lowest BCUT2D eigenvalue weighted by Crippen LogP contribution is -2.52. The lowest BCUT2D eigenvalue weighted by Gasteiger charge is -2.26. The Morgan fingerprint density at radius 1 is 1.16 bits per heavy atom. The van der Waals surface area contributed by atoms with Gasteiger partial charge in [0.2, 0.25) is 0 Å². The van der Waals surface area contributed by atoms with Gasteiger partial charge in [-0.15, -0.1) is 0 Å². The maximum Gasteiger partial charge on any atom is 0.426 e. The molecule has 0 aliphatic rings. The lowest BCUT2D eigenvalue weighted by atomic mass is 9.96. The number of nitrogens with one attached hydrogen (secondary N) is 2. The normalized spacial score (nSPS) is 12.1. The summed E-state index contributed by atoms with van der Waals surface area (Å²) < 4.78 is 36.8. The number of pyridine rings is 1. The first kappa shape index (κ1) is 27.9. The number of urea groups is 1. The van der Waals surface area contributed by atoms with Crippen LogP contribution >= 0.6 is 11.6 Å². The Morgan fingerprint density at radius 3 is 2.43 bits per heavy atom. The van der Waals surface area contributed by atoms with Crippen LogP contribution in [0.5, 0.6) is 0 Å². The Balaban J connectivity index is 1.83. The number of rotatable bonds is 5. The van der Waals surface area contributed by atoms with Crippen LogP contribution in [-0.2, 0) is 11.8 Å². The third-order valence-corrected chi connectivity index (χ3v) is 5.38. The number of aryl methyl sites for hydroxylation is 1. The number of benzene rings is 1. The summed E-state index contributed by atoms with van der Waals surface area (Å²) in [6.45, 7) is 8.41. The molecule has 0 spiro atoms. The van der Waals surface area contributed by atoms with Crippen LogP contribution in [0.4, 0.5) is 18.4 Å². The molecular weight excluding hydrogens is 506 g/mol. The van der Waals surface area contributed by atoms with Gasteiger partial charge < -0.3 is 10.1 Å². The van der Waals surface area contributed by atoms with Crippen LogP contribution in [0.2, 0.25) is 5.02 Å². The van der Waals surface area contributed by atoms with Crippen molar-refractivity contribution in [1.82, 2.24) is 30.5 Å². The number of aromatic nitrogens is 3. The molecule has 2 heterocycles. The molecule has 0 aliphatic heterocycles. The van der Waals surface area contributed by atoms with E-state index in [-0.39, 0.29) is 22.8 Å². The summed E-state index contributed by atoms with van der Waals surface area (Å²) in [5.41, 5.74) is 2.89. The van der Waals surface area contributed by atoms with E-state index in [1.54, 1.807) is 47.9 Å². The second-order valence-corrected chi connectivity index (χ2v) is 9.77. The van der Waals surface area contributed by atoms with Gasteiger partial charge in [0.1, 0.15) is 17.2 Å². The summed E-state index contributed by atoms with van der Waals surface area (Å²) in [6, 6.07) is 2.36. The molecule has 3 rings (SSSR count). The lowest BCUT2D eigenvalue weighted by molar-refractivity contribution is 0.0381. The molecule has 0 fully saturated rings. The summed E-state index contributed by atoms with van der Waals surface area (Å²) in [5.74, 6) is -1.30. The molecule has 9 nitrogen and oxygen atoms in total. The van der Waals surface area contributed by atoms with Crippen molar-refractivity contribution in [3.63, 3.8) is 0 Å². The van der Waals surface area contributed by atoms with Crippen molar-refractivity contribution in [2.45, 2.75) is 46.3 Å². The third-order valence-electron chi connectivity index (χ3n) is 5.17. The molecular formula is C25H29ClF2N6O3.